The van der Waals surface area contributed by atoms with Crippen LogP contribution in [0.5, 0.6) is 0 Å². The number of thiocarbonyl (C=S) groups is 1. The Morgan fingerprint density at radius 1 is 1.40 bits per heavy atom. The van der Waals surface area contributed by atoms with Crippen molar-refractivity contribution < 1.29 is 9.18 Å². The second-order valence-electron chi connectivity index (χ2n) is 4.74. The molecule has 1 rings (SSSR count). The molecule has 0 atom stereocenters. The summed E-state index contributed by atoms with van der Waals surface area (Å²) in [4.78, 5) is 15.2. The maximum Gasteiger partial charge on any atom is 0.241 e. The van der Waals surface area contributed by atoms with E-state index in [0.29, 0.717) is 12.2 Å². The topological polar surface area (TPSA) is 49.6 Å². The van der Waals surface area contributed by atoms with Gasteiger partial charge in [-0.25, -0.2) is 4.39 Å². The maximum atomic E-state index is 13.9. The number of likely N-dealkylation sites (N-methyl/N-ethyl adjacent to an activating group) is 1. The maximum absolute atomic E-state index is 13.9. The lowest BCUT2D eigenvalue weighted by atomic mass is 10.1. The molecule has 0 aliphatic heterocycles. The van der Waals surface area contributed by atoms with Crippen molar-refractivity contribution in [3.8, 4) is 0 Å². The van der Waals surface area contributed by atoms with E-state index in [1.165, 1.54) is 11.0 Å². The van der Waals surface area contributed by atoms with E-state index in [4.69, 9.17) is 18.0 Å². The fourth-order valence-corrected chi connectivity index (χ4v) is 1.94. The number of benzene rings is 1. The Balaban J connectivity index is 3.00. The van der Waals surface area contributed by atoms with Gasteiger partial charge in [-0.2, -0.15) is 0 Å². The van der Waals surface area contributed by atoms with E-state index in [-0.39, 0.29) is 23.0 Å². The second kappa shape index (κ2) is 7.19. The van der Waals surface area contributed by atoms with Crippen LogP contribution in [0.2, 0.25) is 0 Å². The number of carbonyl (C=O) groups is 1. The van der Waals surface area contributed by atoms with Crippen LogP contribution in [0.3, 0.4) is 0 Å². The van der Waals surface area contributed by atoms with E-state index >= 15 is 0 Å². The van der Waals surface area contributed by atoms with E-state index in [2.05, 4.69) is 0 Å². The summed E-state index contributed by atoms with van der Waals surface area (Å²) in [5.74, 6) is -0.495. The first-order valence-electron chi connectivity index (χ1n) is 6.41. The van der Waals surface area contributed by atoms with Crippen LogP contribution < -0.4 is 10.6 Å². The molecule has 1 amide bonds. The first-order chi connectivity index (χ1) is 9.36. The van der Waals surface area contributed by atoms with Gasteiger partial charge >= 0.3 is 0 Å². The molecule has 20 heavy (non-hydrogen) atoms. The normalized spacial score (nSPS) is 10.2. The largest absolute Gasteiger partial charge is 0.389 e. The first kappa shape index (κ1) is 16.4. The SMILES string of the molecule is CCCN(CC(=O)N(C)C)c1ccc(C(N)=S)c(F)c1. The number of halogens is 1. The molecule has 0 fully saturated rings. The summed E-state index contributed by atoms with van der Waals surface area (Å²) >= 11 is 4.78. The predicted molar refractivity (Wildman–Crippen MR) is 83.5 cm³/mol. The molecule has 0 aliphatic rings. The molecule has 0 saturated heterocycles. The predicted octanol–water partition coefficient (Wildman–Crippen LogP) is 1.76. The monoisotopic (exact) mass is 297 g/mol. The van der Waals surface area contributed by atoms with Crippen LogP contribution in [0.25, 0.3) is 0 Å². The third-order valence-electron chi connectivity index (χ3n) is 2.90. The molecule has 1 aromatic carbocycles. The molecule has 0 radical (unpaired) electrons. The summed E-state index contributed by atoms with van der Waals surface area (Å²) in [5, 5.41) is 0. The lowest BCUT2D eigenvalue weighted by Gasteiger charge is -2.25. The van der Waals surface area contributed by atoms with Crippen molar-refractivity contribution in [1.82, 2.24) is 4.90 Å². The molecule has 4 nitrogen and oxygen atoms in total. The molecule has 0 aromatic heterocycles. The second-order valence-corrected chi connectivity index (χ2v) is 5.18. The number of carbonyl (C=O) groups excluding carboxylic acids is 1. The molecule has 1 aromatic rings. The van der Waals surface area contributed by atoms with Gasteiger partial charge in [-0.1, -0.05) is 19.1 Å². The molecule has 110 valence electrons. The van der Waals surface area contributed by atoms with E-state index in [9.17, 15) is 9.18 Å². The minimum Gasteiger partial charge on any atom is -0.389 e. The highest BCUT2D eigenvalue weighted by Gasteiger charge is 2.14. The van der Waals surface area contributed by atoms with E-state index < -0.39 is 5.82 Å². The van der Waals surface area contributed by atoms with Crippen molar-refractivity contribution in [3.05, 3.63) is 29.6 Å². The fourth-order valence-electron chi connectivity index (χ4n) is 1.77. The average Bonchev–Trinajstić information content (AvgIpc) is 2.37. The molecule has 0 bridgehead atoms. The Bertz CT molecular complexity index is 505. The lowest BCUT2D eigenvalue weighted by molar-refractivity contribution is -0.127. The van der Waals surface area contributed by atoms with Crippen molar-refractivity contribution in [1.29, 1.82) is 0 Å². The van der Waals surface area contributed by atoms with Crippen molar-refractivity contribution in [2.75, 3.05) is 32.1 Å². The Kier molecular flexibility index (Phi) is 5.88. The zero-order chi connectivity index (χ0) is 15.3. The third kappa shape index (κ3) is 4.16. The van der Waals surface area contributed by atoms with Crippen LogP contribution >= 0.6 is 12.2 Å². The molecule has 0 spiro atoms. The number of nitrogens with zero attached hydrogens (tertiary/aromatic N) is 2. The van der Waals surface area contributed by atoms with E-state index in [1.54, 1.807) is 26.2 Å². The van der Waals surface area contributed by atoms with Gasteiger partial charge in [0, 0.05) is 31.9 Å². The summed E-state index contributed by atoms with van der Waals surface area (Å²) < 4.78 is 13.9. The Hall–Kier alpha value is -1.69. The smallest absolute Gasteiger partial charge is 0.241 e. The highest BCUT2D eigenvalue weighted by molar-refractivity contribution is 7.80. The van der Waals surface area contributed by atoms with Gasteiger partial charge in [0.25, 0.3) is 0 Å². The quantitative estimate of drug-likeness (QED) is 0.813. The minimum absolute atomic E-state index is 0.0282. The third-order valence-corrected chi connectivity index (χ3v) is 3.12. The van der Waals surface area contributed by atoms with Crippen LogP contribution in [-0.4, -0.2) is 43.0 Å². The van der Waals surface area contributed by atoms with Gasteiger partial charge in [-0.05, 0) is 24.6 Å². The molecule has 6 heteroatoms. The lowest BCUT2D eigenvalue weighted by Crippen LogP contribution is -2.37. The Morgan fingerprint density at radius 3 is 2.50 bits per heavy atom. The number of amides is 1. The number of rotatable bonds is 6. The van der Waals surface area contributed by atoms with Crippen LogP contribution in [0.1, 0.15) is 18.9 Å². The molecule has 0 unspecified atom stereocenters. The summed E-state index contributed by atoms with van der Waals surface area (Å²) in [7, 11) is 3.39. The summed E-state index contributed by atoms with van der Waals surface area (Å²) in [5.41, 5.74) is 6.31. The molecular formula is C14H20FN3OS. The molecule has 0 saturated carbocycles. The van der Waals surface area contributed by atoms with Gasteiger partial charge in [0.05, 0.1) is 6.54 Å². The highest BCUT2D eigenvalue weighted by atomic mass is 32.1. The van der Waals surface area contributed by atoms with E-state index in [0.717, 1.165) is 6.42 Å². The summed E-state index contributed by atoms with van der Waals surface area (Å²) in [6.45, 7) is 2.89. The minimum atomic E-state index is -0.464. The van der Waals surface area contributed by atoms with Crippen LogP contribution in [0, 0.1) is 5.82 Å². The molecular weight excluding hydrogens is 277 g/mol. The summed E-state index contributed by atoms with van der Waals surface area (Å²) in [6.07, 6.45) is 0.860. The number of anilines is 1. The Labute approximate surface area is 124 Å². The van der Waals surface area contributed by atoms with Crippen molar-refractivity contribution in [2.24, 2.45) is 5.73 Å². The average molecular weight is 297 g/mol. The fraction of sp³-hybridized carbons (Fsp3) is 0.429. The van der Waals surface area contributed by atoms with Gasteiger partial charge in [0.15, 0.2) is 0 Å². The first-order valence-corrected chi connectivity index (χ1v) is 6.82. The van der Waals surface area contributed by atoms with Crippen molar-refractivity contribution >= 4 is 28.8 Å². The number of hydrogen-bond acceptors (Lipinski definition) is 3. The number of hydrogen-bond donors (Lipinski definition) is 1. The van der Waals surface area contributed by atoms with Crippen LogP contribution in [-0.2, 0) is 4.79 Å². The van der Waals surface area contributed by atoms with Gasteiger partial charge < -0.3 is 15.5 Å². The van der Waals surface area contributed by atoms with Gasteiger partial charge in [0.1, 0.15) is 10.8 Å². The number of nitrogens with two attached hydrogens (primary N) is 1. The molecule has 2 N–H and O–H groups in total. The highest BCUT2D eigenvalue weighted by Crippen LogP contribution is 2.19. The van der Waals surface area contributed by atoms with Gasteiger partial charge in [-0.3, -0.25) is 4.79 Å². The van der Waals surface area contributed by atoms with Crippen LogP contribution in [0.4, 0.5) is 10.1 Å². The van der Waals surface area contributed by atoms with E-state index in [1.807, 2.05) is 11.8 Å². The molecule has 0 aliphatic carbocycles. The standard InChI is InChI=1S/C14H20FN3OS/c1-4-7-18(9-13(19)17(2)3)10-5-6-11(14(16)20)12(15)8-10/h5-6,8H,4,7,9H2,1-3H3,(H2,16,20). The van der Waals surface area contributed by atoms with Crippen molar-refractivity contribution in [2.45, 2.75) is 13.3 Å². The van der Waals surface area contributed by atoms with Crippen molar-refractivity contribution in [3.63, 3.8) is 0 Å². The zero-order valence-corrected chi connectivity index (χ0v) is 12.8. The zero-order valence-electron chi connectivity index (χ0n) is 12.0. The summed E-state index contributed by atoms with van der Waals surface area (Å²) in [6, 6.07) is 4.65. The van der Waals surface area contributed by atoms with Gasteiger partial charge in [-0.15, -0.1) is 0 Å². The Morgan fingerprint density at radius 2 is 2.05 bits per heavy atom. The van der Waals surface area contributed by atoms with Crippen LogP contribution in [0.15, 0.2) is 18.2 Å². The molecule has 0 heterocycles. The van der Waals surface area contributed by atoms with Gasteiger partial charge in [0.2, 0.25) is 5.91 Å².